The topological polar surface area (TPSA) is 90.4 Å². The second-order valence-corrected chi connectivity index (χ2v) is 4.40. The number of rotatable bonds is 5. The SMILES string of the molecule is Nc1ccc(C(=O)NCCOc2ccc(F)cc2)cc1N. The first-order valence-electron chi connectivity index (χ1n) is 6.38. The van der Waals surface area contributed by atoms with Crippen LogP contribution in [0.4, 0.5) is 15.8 Å². The van der Waals surface area contributed by atoms with Gasteiger partial charge in [0.15, 0.2) is 0 Å². The molecule has 0 unspecified atom stereocenters. The van der Waals surface area contributed by atoms with Gasteiger partial charge in [0.05, 0.1) is 17.9 Å². The maximum Gasteiger partial charge on any atom is 0.251 e. The maximum atomic E-state index is 12.7. The zero-order chi connectivity index (χ0) is 15.2. The Morgan fingerprint density at radius 2 is 1.81 bits per heavy atom. The molecule has 5 N–H and O–H groups in total. The number of benzene rings is 2. The molecule has 0 aromatic heterocycles. The normalized spacial score (nSPS) is 10.1. The van der Waals surface area contributed by atoms with Gasteiger partial charge >= 0.3 is 0 Å². The van der Waals surface area contributed by atoms with Crippen molar-refractivity contribution in [3.8, 4) is 5.75 Å². The summed E-state index contributed by atoms with van der Waals surface area (Å²) in [7, 11) is 0. The number of carbonyl (C=O) groups excluding carboxylic acids is 1. The third-order valence-corrected chi connectivity index (χ3v) is 2.82. The van der Waals surface area contributed by atoms with E-state index in [-0.39, 0.29) is 18.3 Å². The fourth-order valence-corrected chi connectivity index (χ4v) is 1.68. The fraction of sp³-hybridized carbons (Fsp3) is 0.133. The maximum absolute atomic E-state index is 12.7. The van der Waals surface area contributed by atoms with E-state index >= 15 is 0 Å². The molecule has 5 nitrogen and oxygen atoms in total. The molecule has 2 aromatic carbocycles. The van der Waals surface area contributed by atoms with Crippen LogP contribution in [0.3, 0.4) is 0 Å². The van der Waals surface area contributed by atoms with Crippen LogP contribution in [0.1, 0.15) is 10.4 Å². The van der Waals surface area contributed by atoms with E-state index in [2.05, 4.69) is 5.32 Å². The van der Waals surface area contributed by atoms with Crippen LogP contribution in [0.15, 0.2) is 42.5 Å². The molecular formula is C15H16FN3O2. The highest BCUT2D eigenvalue weighted by atomic mass is 19.1. The van der Waals surface area contributed by atoms with Crippen molar-refractivity contribution in [2.75, 3.05) is 24.6 Å². The van der Waals surface area contributed by atoms with Crippen LogP contribution < -0.4 is 21.5 Å². The van der Waals surface area contributed by atoms with Gasteiger partial charge in [-0.3, -0.25) is 4.79 Å². The minimum Gasteiger partial charge on any atom is -0.492 e. The first-order chi connectivity index (χ1) is 10.1. The second kappa shape index (κ2) is 6.60. The number of hydrogen-bond donors (Lipinski definition) is 3. The summed E-state index contributed by atoms with van der Waals surface area (Å²) in [4.78, 5) is 11.9. The number of nitrogens with two attached hydrogens (primary N) is 2. The van der Waals surface area contributed by atoms with Crippen LogP contribution >= 0.6 is 0 Å². The lowest BCUT2D eigenvalue weighted by atomic mass is 10.1. The number of anilines is 2. The molecule has 0 saturated heterocycles. The zero-order valence-corrected chi connectivity index (χ0v) is 11.3. The predicted molar refractivity (Wildman–Crippen MR) is 79.5 cm³/mol. The van der Waals surface area contributed by atoms with Crippen molar-refractivity contribution in [2.24, 2.45) is 0 Å². The number of hydrogen-bond acceptors (Lipinski definition) is 4. The molecular weight excluding hydrogens is 273 g/mol. The predicted octanol–water partition coefficient (Wildman–Crippen LogP) is 1.80. The average Bonchev–Trinajstić information content (AvgIpc) is 2.48. The lowest BCUT2D eigenvalue weighted by Gasteiger charge is -2.08. The minimum absolute atomic E-state index is 0.260. The summed E-state index contributed by atoms with van der Waals surface area (Å²) in [5, 5.41) is 2.69. The number of nitrogen functional groups attached to an aromatic ring is 2. The Kier molecular flexibility index (Phi) is 4.61. The Morgan fingerprint density at radius 1 is 1.10 bits per heavy atom. The van der Waals surface area contributed by atoms with E-state index in [1.807, 2.05) is 0 Å². The van der Waals surface area contributed by atoms with Crippen LogP contribution in [0.5, 0.6) is 5.75 Å². The first-order valence-corrected chi connectivity index (χ1v) is 6.38. The smallest absolute Gasteiger partial charge is 0.251 e. The van der Waals surface area contributed by atoms with Gasteiger partial charge in [-0.25, -0.2) is 4.39 Å². The lowest BCUT2D eigenvalue weighted by molar-refractivity contribution is 0.0947. The summed E-state index contributed by atoms with van der Waals surface area (Å²) in [6.07, 6.45) is 0. The minimum atomic E-state index is -0.323. The van der Waals surface area contributed by atoms with Gasteiger partial charge < -0.3 is 21.5 Å². The molecule has 0 aliphatic rings. The van der Waals surface area contributed by atoms with Gasteiger partial charge in [0, 0.05) is 5.56 Å². The van der Waals surface area contributed by atoms with Crippen molar-refractivity contribution in [2.45, 2.75) is 0 Å². The summed E-state index contributed by atoms with van der Waals surface area (Å²) < 4.78 is 18.1. The van der Waals surface area contributed by atoms with E-state index in [0.29, 0.717) is 29.2 Å². The standard InChI is InChI=1S/C15H16FN3O2/c16-11-2-4-12(5-3-11)21-8-7-19-15(20)10-1-6-13(17)14(18)9-10/h1-6,9H,7-8,17-18H2,(H,19,20). The van der Waals surface area contributed by atoms with E-state index in [1.54, 1.807) is 12.1 Å². The number of carbonyl (C=O) groups is 1. The van der Waals surface area contributed by atoms with Gasteiger partial charge in [0.1, 0.15) is 18.2 Å². The molecule has 0 heterocycles. The van der Waals surface area contributed by atoms with Gasteiger partial charge in [0.25, 0.3) is 5.91 Å². The summed E-state index contributed by atoms with van der Waals surface area (Å²) in [5.74, 6) is -0.0385. The molecule has 0 fully saturated rings. The molecule has 110 valence electrons. The zero-order valence-electron chi connectivity index (χ0n) is 11.3. The highest BCUT2D eigenvalue weighted by molar-refractivity contribution is 5.95. The molecule has 2 rings (SSSR count). The van der Waals surface area contributed by atoms with Crippen LogP contribution in [-0.2, 0) is 0 Å². The van der Waals surface area contributed by atoms with E-state index in [9.17, 15) is 9.18 Å². The van der Waals surface area contributed by atoms with Crippen molar-refractivity contribution in [1.29, 1.82) is 0 Å². The van der Waals surface area contributed by atoms with Crippen LogP contribution in [0.2, 0.25) is 0 Å². The number of ether oxygens (including phenoxy) is 1. The van der Waals surface area contributed by atoms with Crippen molar-refractivity contribution < 1.29 is 13.9 Å². The molecule has 1 amide bonds. The summed E-state index contributed by atoms with van der Waals surface area (Å²) in [5.41, 5.74) is 12.5. The van der Waals surface area contributed by atoms with Crippen LogP contribution in [0, 0.1) is 5.82 Å². The molecule has 0 atom stereocenters. The van der Waals surface area contributed by atoms with Crippen molar-refractivity contribution >= 4 is 17.3 Å². The molecule has 2 aromatic rings. The largest absolute Gasteiger partial charge is 0.492 e. The summed E-state index contributed by atoms with van der Waals surface area (Å²) in [6, 6.07) is 10.4. The second-order valence-electron chi connectivity index (χ2n) is 4.40. The third-order valence-electron chi connectivity index (χ3n) is 2.82. The highest BCUT2D eigenvalue weighted by Gasteiger charge is 2.06. The van der Waals surface area contributed by atoms with E-state index in [4.69, 9.17) is 16.2 Å². The Hall–Kier alpha value is -2.76. The van der Waals surface area contributed by atoms with Gasteiger partial charge in [-0.05, 0) is 42.5 Å². The van der Waals surface area contributed by atoms with Crippen molar-refractivity contribution in [3.05, 3.63) is 53.8 Å². The molecule has 6 heteroatoms. The Bertz CT molecular complexity index is 629. The van der Waals surface area contributed by atoms with E-state index in [0.717, 1.165) is 0 Å². The number of nitrogens with one attached hydrogen (secondary N) is 1. The Labute approximate surface area is 121 Å². The molecule has 0 aliphatic heterocycles. The molecule has 0 bridgehead atoms. The lowest BCUT2D eigenvalue weighted by Crippen LogP contribution is -2.28. The number of amides is 1. The van der Waals surface area contributed by atoms with Crippen molar-refractivity contribution in [3.63, 3.8) is 0 Å². The van der Waals surface area contributed by atoms with Gasteiger partial charge in [0.2, 0.25) is 0 Å². The van der Waals surface area contributed by atoms with Crippen LogP contribution in [0.25, 0.3) is 0 Å². The summed E-state index contributed by atoms with van der Waals surface area (Å²) >= 11 is 0. The quantitative estimate of drug-likeness (QED) is 0.578. The molecule has 0 aliphatic carbocycles. The van der Waals surface area contributed by atoms with E-state index < -0.39 is 0 Å². The molecule has 0 spiro atoms. The van der Waals surface area contributed by atoms with Crippen LogP contribution in [-0.4, -0.2) is 19.1 Å². The molecule has 0 radical (unpaired) electrons. The van der Waals surface area contributed by atoms with Gasteiger partial charge in [-0.1, -0.05) is 0 Å². The molecule has 21 heavy (non-hydrogen) atoms. The van der Waals surface area contributed by atoms with Crippen molar-refractivity contribution in [1.82, 2.24) is 5.32 Å². The van der Waals surface area contributed by atoms with Gasteiger partial charge in [-0.15, -0.1) is 0 Å². The third kappa shape index (κ3) is 4.10. The van der Waals surface area contributed by atoms with E-state index in [1.165, 1.54) is 30.3 Å². The monoisotopic (exact) mass is 289 g/mol. The first kappa shape index (κ1) is 14.6. The summed E-state index contributed by atoms with van der Waals surface area (Å²) in [6.45, 7) is 0.600. The Balaban J connectivity index is 1.79. The Morgan fingerprint density at radius 3 is 2.48 bits per heavy atom. The fourth-order valence-electron chi connectivity index (χ4n) is 1.68. The number of halogens is 1. The van der Waals surface area contributed by atoms with Gasteiger partial charge in [-0.2, -0.15) is 0 Å². The molecule has 0 saturated carbocycles. The average molecular weight is 289 g/mol. The highest BCUT2D eigenvalue weighted by Crippen LogP contribution is 2.15.